The molecule has 5 aromatic rings. The van der Waals surface area contributed by atoms with Gasteiger partial charge in [0.2, 0.25) is 15.1 Å². The summed E-state index contributed by atoms with van der Waals surface area (Å²) in [6, 6.07) is 43.2. The van der Waals surface area contributed by atoms with Crippen LogP contribution in [0.4, 0.5) is 0 Å². The summed E-state index contributed by atoms with van der Waals surface area (Å²) in [6.45, 7) is 14.2. The lowest BCUT2D eigenvalue weighted by atomic mass is 10.1. The van der Waals surface area contributed by atoms with Gasteiger partial charge in [-0.3, -0.25) is 4.79 Å². The van der Waals surface area contributed by atoms with E-state index in [0.717, 1.165) is 38.8 Å². The van der Waals surface area contributed by atoms with Gasteiger partial charge < -0.3 is 4.43 Å². The molecule has 0 bridgehead atoms. The summed E-state index contributed by atoms with van der Waals surface area (Å²) < 4.78 is 38.3. The van der Waals surface area contributed by atoms with Crippen LogP contribution in [0.5, 0.6) is 0 Å². The minimum atomic E-state index is -4.01. The number of sulfonamides is 1. The SMILES string of the molecule is Cc1cc(C)c(S(=O)(=O)N(Cc2ccccc2)[C@H](C)[C@@H](SC(=O)CO[Si](c2ccccc2)(c2ccccc2)C(C)(C)C)c2ccccc2)c(C)c1. The molecule has 0 N–H and O–H groups in total. The predicted molar refractivity (Wildman–Crippen MR) is 215 cm³/mol. The van der Waals surface area contributed by atoms with Crippen LogP contribution in [-0.2, 0) is 25.8 Å². The highest BCUT2D eigenvalue weighted by Crippen LogP contribution is 2.41. The Hall–Kier alpha value is -3.79. The van der Waals surface area contributed by atoms with Gasteiger partial charge in [-0.05, 0) is 65.4 Å². The van der Waals surface area contributed by atoms with Crippen molar-refractivity contribution in [2.45, 2.75) is 76.2 Å². The molecule has 5 nitrogen and oxygen atoms in total. The molecule has 0 saturated heterocycles. The van der Waals surface area contributed by atoms with Gasteiger partial charge in [0.15, 0.2) is 0 Å². The van der Waals surface area contributed by atoms with E-state index in [1.807, 2.05) is 137 Å². The maximum absolute atomic E-state index is 14.8. The van der Waals surface area contributed by atoms with E-state index in [0.29, 0.717) is 16.0 Å². The molecule has 0 amide bonds. The van der Waals surface area contributed by atoms with Crippen LogP contribution in [0, 0.1) is 20.8 Å². The molecule has 51 heavy (non-hydrogen) atoms. The van der Waals surface area contributed by atoms with Gasteiger partial charge in [0, 0.05) is 12.6 Å². The summed E-state index contributed by atoms with van der Waals surface area (Å²) in [5.41, 5.74) is 4.16. The van der Waals surface area contributed by atoms with Crippen molar-refractivity contribution in [2.24, 2.45) is 0 Å². The van der Waals surface area contributed by atoms with E-state index < -0.39 is 29.6 Å². The summed E-state index contributed by atoms with van der Waals surface area (Å²) in [5.74, 6) is 0. The summed E-state index contributed by atoms with van der Waals surface area (Å²) in [4.78, 5) is 14.6. The van der Waals surface area contributed by atoms with Crippen LogP contribution in [-0.4, -0.2) is 38.8 Å². The van der Waals surface area contributed by atoms with Crippen molar-refractivity contribution in [3.63, 3.8) is 0 Å². The smallest absolute Gasteiger partial charge is 0.261 e. The number of nitrogens with zero attached hydrogens (tertiary/aromatic N) is 1. The van der Waals surface area contributed by atoms with E-state index in [1.54, 1.807) is 4.31 Å². The molecule has 0 spiro atoms. The van der Waals surface area contributed by atoms with Crippen molar-refractivity contribution in [3.05, 3.63) is 161 Å². The number of carbonyl (C=O) groups excluding carboxylic acids is 1. The lowest BCUT2D eigenvalue weighted by molar-refractivity contribution is -0.113. The zero-order valence-corrected chi connectivity index (χ0v) is 33.3. The Balaban J connectivity index is 1.54. The lowest BCUT2D eigenvalue weighted by Crippen LogP contribution is -2.66. The van der Waals surface area contributed by atoms with E-state index in [9.17, 15) is 13.2 Å². The Kier molecular flexibility index (Phi) is 12.3. The molecule has 5 rings (SSSR count). The molecule has 0 fully saturated rings. The quantitative estimate of drug-likeness (QED) is 0.113. The molecule has 0 aliphatic rings. The Morgan fingerprint density at radius 2 is 1.20 bits per heavy atom. The van der Waals surface area contributed by atoms with Crippen molar-refractivity contribution in [3.8, 4) is 0 Å². The van der Waals surface area contributed by atoms with E-state index in [2.05, 4.69) is 45.0 Å². The van der Waals surface area contributed by atoms with Gasteiger partial charge in [0.1, 0.15) is 6.61 Å². The first-order chi connectivity index (χ1) is 24.3. The third-order valence-corrected chi connectivity index (χ3v) is 18.0. The molecule has 0 aromatic heterocycles. The highest BCUT2D eigenvalue weighted by atomic mass is 32.2. The Bertz CT molecular complexity index is 1950. The van der Waals surface area contributed by atoms with Crippen molar-refractivity contribution >= 4 is 45.6 Å². The summed E-state index contributed by atoms with van der Waals surface area (Å²) >= 11 is 1.16. The Labute approximate surface area is 310 Å². The predicted octanol–water partition coefficient (Wildman–Crippen LogP) is 8.77. The van der Waals surface area contributed by atoms with E-state index in [4.69, 9.17) is 4.43 Å². The number of carbonyl (C=O) groups is 1. The van der Waals surface area contributed by atoms with E-state index >= 15 is 0 Å². The fourth-order valence-electron chi connectivity index (χ4n) is 7.25. The van der Waals surface area contributed by atoms with Crippen molar-refractivity contribution in [1.82, 2.24) is 4.31 Å². The lowest BCUT2D eigenvalue weighted by Gasteiger charge is -2.43. The number of thioether (sulfide) groups is 1. The molecule has 0 saturated carbocycles. The van der Waals surface area contributed by atoms with E-state index in [1.165, 1.54) is 0 Å². The molecule has 0 unspecified atom stereocenters. The number of aryl methyl sites for hydroxylation is 3. The molecule has 8 heteroatoms. The minimum absolute atomic E-state index is 0.115. The molecule has 2 atom stereocenters. The van der Waals surface area contributed by atoms with Gasteiger partial charge >= 0.3 is 0 Å². The van der Waals surface area contributed by atoms with Crippen LogP contribution < -0.4 is 10.4 Å². The first-order valence-corrected chi connectivity index (χ1v) is 21.6. The highest BCUT2D eigenvalue weighted by Gasteiger charge is 2.50. The number of benzene rings is 5. The topological polar surface area (TPSA) is 63.7 Å². The van der Waals surface area contributed by atoms with Crippen molar-refractivity contribution in [1.29, 1.82) is 0 Å². The van der Waals surface area contributed by atoms with Crippen LogP contribution in [0.25, 0.3) is 0 Å². The summed E-state index contributed by atoms with van der Waals surface area (Å²) in [6.07, 6.45) is 0. The second-order valence-electron chi connectivity index (χ2n) is 14.3. The number of hydrogen-bond acceptors (Lipinski definition) is 5. The maximum Gasteiger partial charge on any atom is 0.261 e. The Morgan fingerprint density at radius 1 is 0.745 bits per heavy atom. The summed E-state index contributed by atoms with van der Waals surface area (Å²) in [7, 11) is -6.98. The number of rotatable bonds is 13. The van der Waals surface area contributed by atoms with Crippen molar-refractivity contribution in [2.75, 3.05) is 6.61 Å². The van der Waals surface area contributed by atoms with Crippen LogP contribution in [0.3, 0.4) is 0 Å². The van der Waals surface area contributed by atoms with Gasteiger partial charge in [-0.15, -0.1) is 0 Å². The third-order valence-electron chi connectivity index (χ3n) is 9.45. The molecule has 0 aliphatic carbocycles. The molecule has 266 valence electrons. The molecule has 0 radical (unpaired) electrons. The van der Waals surface area contributed by atoms with Gasteiger partial charge in [-0.2, -0.15) is 4.31 Å². The van der Waals surface area contributed by atoms with Gasteiger partial charge in [0.25, 0.3) is 8.32 Å². The fraction of sp³-hybridized carbons (Fsp3) is 0.279. The average Bonchev–Trinajstić information content (AvgIpc) is 3.10. The van der Waals surface area contributed by atoms with E-state index in [-0.39, 0.29) is 23.3 Å². The van der Waals surface area contributed by atoms with Gasteiger partial charge in [-0.1, -0.05) is 172 Å². The molecular weight excluding hydrogens is 687 g/mol. The molecule has 0 heterocycles. The molecular formula is C43H49NO4S2Si. The number of hydrogen-bond donors (Lipinski definition) is 0. The first kappa shape index (κ1) is 38.4. The average molecular weight is 736 g/mol. The van der Waals surface area contributed by atoms with Crippen LogP contribution in [0.15, 0.2) is 138 Å². The van der Waals surface area contributed by atoms with Crippen LogP contribution in [0.2, 0.25) is 5.04 Å². The summed E-state index contributed by atoms with van der Waals surface area (Å²) in [5, 5.41) is 1.24. The monoisotopic (exact) mass is 735 g/mol. The molecule has 0 aliphatic heterocycles. The van der Waals surface area contributed by atoms with Gasteiger partial charge in [-0.25, -0.2) is 8.42 Å². The van der Waals surface area contributed by atoms with Gasteiger partial charge in [0.05, 0.1) is 10.1 Å². The van der Waals surface area contributed by atoms with Crippen molar-refractivity contribution < 1.29 is 17.6 Å². The standard InChI is InChI=1S/C43H49NO4S2Si/c1-32-28-33(2)42(34(3)29-32)50(46,47)44(30-36-20-12-8-13-21-36)35(4)41(37-22-14-9-15-23-37)49-40(45)31-48-51(43(5,6)7,38-24-16-10-17-25-38)39-26-18-11-19-27-39/h8-29,35,41H,30-31H2,1-7H3/t35-,41-/m1/s1. The van der Waals surface area contributed by atoms with Crippen LogP contribution >= 0.6 is 11.8 Å². The largest absolute Gasteiger partial charge is 0.399 e. The first-order valence-electron chi connectivity index (χ1n) is 17.4. The zero-order valence-electron chi connectivity index (χ0n) is 30.7. The highest BCUT2D eigenvalue weighted by molar-refractivity contribution is 8.14. The minimum Gasteiger partial charge on any atom is -0.399 e. The second kappa shape index (κ2) is 16.3. The third kappa shape index (κ3) is 8.48. The maximum atomic E-state index is 14.8. The normalized spacial score (nSPS) is 13.6. The zero-order chi connectivity index (χ0) is 36.8. The molecule has 5 aromatic carbocycles. The Morgan fingerprint density at radius 3 is 1.67 bits per heavy atom. The fourth-order valence-corrected chi connectivity index (χ4v) is 15.0. The second-order valence-corrected chi connectivity index (χ2v) is 21.6. The van der Waals surface area contributed by atoms with Crippen LogP contribution in [0.1, 0.15) is 60.8 Å².